The second-order valence-electron chi connectivity index (χ2n) is 7.62. The minimum atomic E-state index is -0.284. The van der Waals surface area contributed by atoms with E-state index in [1.165, 1.54) is 6.07 Å². The summed E-state index contributed by atoms with van der Waals surface area (Å²) in [5, 5.41) is 7.50. The van der Waals surface area contributed by atoms with Gasteiger partial charge in [0.1, 0.15) is 11.3 Å². The molecule has 0 bridgehead atoms. The van der Waals surface area contributed by atoms with Crippen LogP contribution in [0, 0.1) is 12.7 Å². The maximum Gasteiger partial charge on any atom is 0.161 e. The number of aromatic nitrogens is 6. The largest absolute Gasteiger partial charge is 0.336 e. The molecule has 6 rings (SSSR count). The second kappa shape index (κ2) is 7.09. The fraction of sp³-hybridized carbons (Fsp3) is 0.0400. The maximum absolute atomic E-state index is 14.5. The van der Waals surface area contributed by atoms with Crippen molar-refractivity contribution in [3.63, 3.8) is 0 Å². The van der Waals surface area contributed by atoms with E-state index in [1.54, 1.807) is 18.3 Å². The van der Waals surface area contributed by atoms with Gasteiger partial charge in [0.25, 0.3) is 0 Å². The summed E-state index contributed by atoms with van der Waals surface area (Å²) in [5.41, 5.74) is 7.71. The average Bonchev–Trinajstić information content (AvgIpc) is 3.43. The zero-order valence-electron chi connectivity index (χ0n) is 17.1. The van der Waals surface area contributed by atoms with Crippen LogP contribution in [0.15, 0.2) is 73.1 Å². The summed E-state index contributed by atoms with van der Waals surface area (Å²) in [6.07, 6.45) is 3.58. The van der Waals surface area contributed by atoms with Crippen molar-refractivity contribution in [3.8, 4) is 33.9 Å². The van der Waals surface area contributed by atoms with Crippen molar-refractivity contribution in [2.75, 3.05) is 0 Å². The highest BCUT2D eigenvalue weighted by atomic mass is 19.1. The third kappa shape index (κ3) is 2.86. The van der Waals surface area contributed by atoms with Crippen LogP contribution >= 0.6 is 0 Å². The highest BCUT2D eigenvalue weighted by molar-refractivity contribution is 5.96. The molecule has 32 heavy (non-hydrogen) atoms. The molecule has 6 aromatic rings. The summed E-state index contributed by atoms with van der Waals surface area (Å²) < 4.78 is 14.5. The molecule has 154 valence electrons. The Morgan fingerprint density at radius 2 is 1.66 bits per heavy atom. The van der Waals surface area contributed by atoms with Gasteiger partial charge in [-0.2, -0.15) is 5.10 Å². The number of fused-ring (bicyclic) bond motifs is 2. The molecule has 0 aliphatic carbocycles. The lowest BCUT2D eigenvalue weighted by Crippen LogP contribution is -1.90. The number of hydrogen-bond acceptors (Lipinski definition) is 4. The van der Waals surface area contributed by atoms with Gasteiger partial charge in [0.15, 0.2) is 11.5 Å². The van der Waals surface area contributed by atoms with Crippen molar-refractivity contribution in [2.24, 2.45) is 0 Å². The average molecular weight is 420 g/mol. The predicted octanol–water partition coefficient (Wildman–Crippen LogP) is 5.68. The van der Waals surface area contributed by atoms with E-state index in [1.807, 2.05) is 55.6 Å². The van der Waals surface area contributed by atoms with Gasteiger partial charge in [0.05, 0.1) is 22.2 Å². The first-order valence-corrected chi connectivity index (χ1v) is 10.2. The maximum atomic E-state index is 14.5. The van der Waals surface area contributed by atoms with E-state index < -0.39 is 0 Å². The van der Waals surface area contributed by atoms with E-state index >= 15 is 0 Å². The molecule has 0 atom stereocenters. The number of benzene rings is 2. The van der Waals surface area contributed by atoms with Gasteiger partial charge >= 0.3 is 0 Å². The summed E-state index contributed by atoms with van der Waals surface area (Å²) in [5.74, 6) is 0.288. The van der Waals surface area contributed by atoms with E-state index in [2.05, 4.69) is 20.2 Å². The molecule has 0 spiro atoms. The Morgan fingerprint density at radius 1 is 0.781 bits per heavy atom. The Hall–Kier alpha value is -4.39. The molecule has 0 saturated heterocycles. The molecule has 0 unspecified atom stereocenters. The van der Waals surface area contributed by atoms with Gasteiger partial charge in [-0.05, 0) is 42.8 Å². The van der Waals surface area contributed by atoms with Gasteiger partial charge < -0.3 is 4.98 Å². The van der Waals surface area contributed by atoms with Gasteiger partial charge in [-0.25, -0.2) is 14.4 Å². The molecule has 0 aliphatic rings. The molecule has 4 heterocycles. The van der Waals surface area contributed by atoms with Crippen LogP contribution in [0.25, 0.3) is 56.0 Å². The van der Waals surface area contributed by atoms with E-state index in [4.69, 9.17) is 9.97 Å². The van der Waals surface area contributed by atoms with Crippen LogP contribution in [0.2, 0.25) is 0 Å². The van der Waals surface area contributed by atoms with Crippen LogP contribution in [0.5, 0.6) is 0 Å². The Morgan fingerprint density at radius 3 is 2.53 bits per heavy atom. The lowest BCUT2D eigenvalue weighted by molar-refractivity contribution is 0.631. The molecule has 0 aliphatic heterocycles. The lowest BCUT2D eigenvalue weighted by Gasteiger charge is -2.04. The van der Waals surface area contributed by atoms with E-state index in [0.29, 0.717) is 28.1 Å². The number of aromatic amines is 2. The number of H-pyrrole nitrogens is 2. The van der Waals surface area contributed by atoms with Gasteiger partial charge in [0.2, 0.25) is 0 Å². The smallest absolute Gasteiger partial charge is 0.161 e. The van der Waals surface area contributed by atoms with Crippen molar-refractivity contribution in [1.82, 2.24) is 30.1 Å². The minimum absolute atomic E-state index is 0.284. The number of nitrogens with one attached hydrogen (secondary N) is 2. The fourth-order valence-electron chi connectivity index (χ4n) is 3.99. The SMILES string of the molecule is Cc1ccncc1-c1ccc2[nH]nc(-c3nc4c(-c5ccccc5F)cccc4[nH]3)c2n1. The normalized spacial score (nSPS) is 11.4. The summed E-state index contributed by atoms with van der Waals surface area (Å²) in [7, 11) is 0. The van der Waals surface area contributed by atoms with Gasteiger partial charge in [-0.3, -0.25) is 10.1 Å². The quantitative estimate of drug-likeness (QED) is 0.386. The van der Waals surface area contributed by atoms with Crippen molar-refractivity contribution in [1.29, 1.82) is 0 Å². The number of hydrogen-bond donors (Lipinski definition) is 2. The van der Waals surface area contributed by atoms with Crippen LogP contribution in [0.1, 0.15) is 5.56 Å². The monoisotopic (exact) mass is 420 g/mol. The zero-order valence-corrected chi connectivity index (χ0v) is 17.1. The highest BCUT2D eigenvalue weighted by Crippen LogP contribution is 2.33. The summed E-state index contributed by atoms with van der Waals surface area (Å²) in [6, 6.07) is 18.2. The number of pyridine rings is 2. The molecule has 7 heteroatoms. The molecule has 0 fully saturated rings. The van der Waals surface area contributed by atoms with Crippen LogP contribution in [0.4, 0.5) is 4.39 Å². The first-order chi connectivity index (χ1) is 15.7. The van der Waals surface area contributed by atoms with E-state index in [9.17, 15) is 4.39 Å². The number of nitrogens with zero attached hydrogens (tertiary/aromatic N) is 4. The molecule has 4 aromatic heterocycles. The van der Waals surface area contributed by atoms with Gasteiger partial charge in [-0.15, -0.1) is 0 Å². The lowest BCUT2D eigenvalue weighted by atomic mass is 10.0. The molecule has 0 amide bonds. The van der Waals surface area contributed by atoms with E-state index in [-0.39, 0.29) is 5.82 Å². The van der Waals surface area contributed by atoms with Crippen LogP contribution in [-0.2, 0) is 0 Å². The first kappa shape index (κ1) is 18.4. The molecule has 0 radical (unpaired) electrons. The van der Waals surface area contributed by atoms with Crippen molar-refractivity contribution in [2.45, 2.75) is 6.92 Å². The summed E-state index contributed by atoms with van der Waals surface area (Å²) in [4.78, 5) is 17.2. The minimum Gasteiger partial charge on any atom is -0.336 e. The number of rotatable bonds is 3. The fourth-order valence-corrected chi connectivity index (χ4v) is 3.99. The zero-order chi connectivity index (χ0) is 21.7. The first-order valence-electron chi connectivity index (χ1n) is 10.2. The van der Waals surface area contributed by atoms with Crippen LogP contribution in [-0.4, -0.2) is 30.1 Å². The second-order valence-corrected chi connectivity index (χ2v) is 7.62. The van der Waals surface area contributed by atoms with Crippen molar-refractivity contribution < 1.29 is 4.39 Å². The van der Waals surface area contributed by atoms with E-state index in [0.717, 1.165) is 33.4 Å². The summed E-state index contributed by atoms with van der Waals surface area (Å²) in [6.45, 7) is 2.03. The van der Waals surface area contributed by atoms with Crippen LogP contribution in [0.3, 0.4) is 0 Å². The van der Waals surface area contributed by atoms with Crippen LogP contribution < -0.4 is 0 Å². The third-order valence-corrected chi connectivity index (χ3v) is 5.62. The van der Waals surface area contributed by atoms with Gasteiger partial charge in [0, 0.05) is 29.1 Å². The third-order valence-electron chi connectivity index (χ3n) is 5.62. The topological polar surface area (TPSA) is 83.1 Å². The van der Waals surface area contributed by atoms with Crippen molar-refractivity contribution >= 4 is 22.1 Å². The molecule has 2 N–H and O–H groups in total. The molecule has 2 aromatic carbocycles. The number of halogens is 1. The number of para-hydroxylation sites is 1. The highest BCUT2D eigenvalue weighted by Gasteiger charge is 2.18. The summed E-state index contributed by atoms with van der Waals surface area (Å²) >= 11 is 0. The molecule has 0 saturated carbocycles. The Bertz CT molecular complexity index is 1610. The standard InChI is InChI=1S/C25H17FN6/c1-14-11-12-27-13-17(14)19-9-10-21-23(28-19)24(32-31-21)25-29-20-8-4-6-16(22(20)30-25)15-5-2-3-7-18(15)26/h2-13H,1H3,(H,29,30)(H,31,32). The molecular weight excluding hydrogens is 403 g/mol. The van der Waals surface area contributed by atoms with Crippen molar-refractivity contribution in [3.05, 3.63) is 84.4 Å². The predicted molar refractivity (Wildman–Crippen MR) is 122 cm³/mol. The number of imidazole rings is 1. The van der Waals surface area contributed by atoms with Gasteiger partial charge in [-0.1, -0.05) is 30.3 Å². The Labute approximate surface area is 182 Å². The molecular formula is C25H17FN6. The Kier molecular flexibility index (Phi) is 4.07. The molecule has 6 nitrogen and oxygen atoms in total. The number of aryl methyl sites for hydroxylation is 1. The Balaban J connectivity index is 1.53.